The molecule has 0 fully saturated rings. The van der Waals surface area contributed by atoms with E-state index in [1.165, 1.54) is 6.20 Å². The number of nitrogens with zero attached hydrogens (tertiary/aromatic N) is 2. The number of rotatable bonds is 7. The first-order valence-corrected chi connectivity index (χ1v) is 8.96. The molecule has 8 heteroatoms. The Bertz CT molecular complexity index is 806. The predicted molar refractivity (Wildman–Crippen MR) is 103 cm³/mol. The highest BCUT2D eigenvalue weighted by molar-refractivity contribution is 6.41. The van der Waals surface area contributed by atoms with Gasteiger partial charge in [-0.05, 0) is 36.5 Å². The number of aromatic nitrogens is 2. The average molecular weight is 405 g/mol. The van der Waals surface area contributed by atoms with Gasteiger partial charge in [0.2, 0.25) is 0 Å². The summed E-state index contributed by atoms with van der Waals surface area (Å²) in [5, 5.41) is 16.7. The van der Waals surface area contributed by atoms with Gasteiger partial charge >= 0.3 is 0 Å². The monoisotopic (exact) mass is 403 g/mol. The van der Waals surface area contributed by atoms with E-state index in [-0.39, 0.29) is 22.1 Å². The molecule has 0 radical (unpaired) electrons. The van der Waals surface area contributed by atoms with Crippen molar-refractivity contribution in [3.05, 3.63) is 49.8 Å². The summed E-state index contributed by atoms with van der Waals surface area (Å²) in [6.45, 7) is 5.13. The molecule has 1 aromatic heterocycles. The molecule has 0 atom stereocenters. The van der Waals surface area contributed by atoms with E-state index in [9.17, 15) is 4.79 Å². The van der Waals surface area contributed by atoms with E-state index in [2.05, 4.69) is 24.3 Å². The summed E-state index contributed by atoms with van der Waals surface area (Å²) >= 11 is 18.0. The second kappa shape index (κ2) is 8.41. The Kier molecular flexibility index (Phi) is 6.74. The first-order chi connectivity index (χ1) is 11.7. The molecular weight excluding hydrogens is 385 g/mol. The largest absolute Gasteiger partial charge is 0.396 e. The van der Waals surface area contributed by atoms with Crippen molar-refractivity contribution in [1.29, 1.82) is 0 Å². The Balaban J connectivity index is 2.19. The number of halogens is 3. The minimum atomic E-state index is -0.504. The molecule has 0 spiro atoms. The smallest absolute Gasteiger partial charge is 0.291 e. The molecule has 1 heterocycles. The van der Waals surface area contributed by atoms with Crippen molar-refractivity contribution in [1.82, 2.24) is 9.78 Å². The van der Waals surface area contributed by atoms with E-state index >= 15 is 0 Å². The lowest BCUT2D eigenvalue weighted by Crippen LogP contribution is -2.24. The number of anilines is 1. The Morgan fingerprint density at radius 2 is 1.96 bits per heavy atom. The summed E-state index contributed by atoms with van der Waals surface area (Å²) in [6, 6.07) is 5.16. The number of nitrogens with one attached hydrogen (secondary N) is 1. The van der Waals surface area contributed by atoms with Gasteiger partial charge in [-0.1, -0.05) is 48.7 Å². The highest BCUT2D eigenvalue weighted by atomic mass is 35.5. The fraction of sp³-hybridized carbons (Fsp3) is 0.412. The maximum absolute atomic E-state index is 12.1. The van der Waals surface area contributed by atoms with Crippen molar-refractivity contribution >= 4 is 40.5 Å². The summed E-state index contributed by atoms with van der Waals surface area (Å²) < 4.78 is 1.15. The van der Waals surface area contributed by atoms with E-state index in [1.54, 1.807) is 18.2 Å². The molecule has 0 aliphatic carbocycles. The van der Waals surface area contributed by atoms with Gasteiger partial charge in [-0.3, -0.25) is 4.79 Å². The molecule has 0 saturated carbocycles. The van der Waals surface area contributed by atoms with E-state index in [4.69, 9.17) is 39.9 Å². The first kappa shape index (κ1) is 20.0. The fourth-order valence-electron chi connectivity index (χ4n) is 2.36. The molecule has 0 amide bonds. The molecule has 0 aliphatic heterocycles. The second-order valence-electron chi connectivity index (χ2n) is 6.53. The van der Waals surface area contributed by atoms with Crippen LogP contribution < -0.4 is 10.9 Å². The minimum absolute atomic E-state index is 0.0208. The zero-order valence-corrected chi connectivity index (χ0v) is 16.3. The lowest BCUT2D eigenvalue weighted by Gasteiger charge is -2.25. The maximum Gasteiger partial charge on any atom is 0.291 e. The molecule has 0 aliphatic rings. The molecular formula is C17H20Cl3N3O2. The third-order valence-electron chi connectivity index (χ3n) is 3.84. The quantitative estimate of drug-likeness (QED) is 0.717. The third-order valence-corrected chi connectivity index (χ3v) is 4.90. The lowest BCUT2D eigenvalue weighted by molar-refractivity contribution is 0.248. The van der Waals surface area contributed by atoms with Crippen molar-refractivity contribution in [3.8, 4) is 5.69 Å². The van der Waals surface area contributed by atoms with Crippen LogP contribution in [0.25, 0.3) is 5.69 Å². The summed E-state index contributed by atoms with van der Waals surface area (Å²) in [6.07, 6.45) is 2.97. The SMILES string of the molecule is CC(C)(CCCO)CNc1ccc(-n2ncc(Cl)c(Cl)c2=O)cc1Cl. The third kappa shape index (κ3) is 5.11. The lowest BCUT2D eigenvalue weighted by atomic mass is 9.88. The summed E-state index contributed by atoms with van der Waals surface area (Å²) in [5.74, 6) is 0. The Hall–Kier alpha value is -1.27. The van der Waals surface area contributed by atoms with Gasteiger partial charge in [0, 0.05) is 13.2 Å². The molecule has 0 bridgehead atoms. The Morgan fingerprint density at radius 1 is 1.24 bits per heavy atom. The van der Waals surface area contributed by atoms with E-state index in [1.807, 2.05) is 0 Å². The molecule has 0 unspecified atom stereocenters. The fourth-order valence-corrected chi connectivity index (χ4v) is 2.85. The number of hydrogen-bond acceptors (Lipinski definition) is 4. The van der Waals surface area contributed by atoms with Crippen molar-refractivity contribution in [2.45, 2.75) is 26.7 Å². The van der Waals surface area contributed by atoms with Crippen molar-refractivity contribution in [2.75, 3.05) is 18.5 Å². The second-order valence-corrected chi connectivity index (χ2v) is 7.72. The van der Waals surface area contributed by atoms with Crippen molar-refractivity contribution < 1.29 is 5.11 Å². The normalized spacial score (nSPS) is 11.6. The molecule has 2 N–H and O–H groups in total. The summed E-state index contributed by atoms with van der Waals surface area (Å²) in [7, 11) is 0. The highest BCUT2D eigenvalue weighted by Crippen LogP contribution is 2.28. The van der Waals surface area contributed by atoms with Gasteiger partial charge < -0.3 is 10.4 Å². The standard InChI is InChI=1S/C17H20Cl3N3O2/c1-17(2,6-3-7-24)10-21-14-5-4-11(8-12(14)18)23-16(25)15(20)13(19)9-22-23/h4-5,8-9,21,24H,3,6-7,10H2,1-2H3. The van der Waals surface area contributed by atoms with Crippen LogP contribution >= 0.6 is 34.8 Å². The molecule has 25 heavy (non-hydrogen) atoms. The average Bonchev–Trinajstić information content (AvgIpc) is 2.57. The van der Waals surface area contributed by atoms with Crippen LogP contribution in [0, 0.1) is 5.41 Å². The van der Waals surface area contributed by atoms with E-state index < -0.39 is 5.56 Å². The topological polar surface area (TPSA) is 67.2 Å². The van der Waals surface area contributed by atoms with Crippen LogP contribution in [0.4, 0.5) is 5.69 Å². The molecule has 2 rings (SSSR count). The summed E-state index contributed by atoms with van der Waals surface area (Å²) in [4.78, 5) is 12.1. The Morgan fingerprint density at radius 3 is 2.60 bits per heavy atom. The van der Waals surface area contributed by atoms with Gasteiger partial charge in [0.05, 0.1) is 27.6 Å². The molecule has 0 saturated heterocycles. The van der Waals surface area contributed by atoms with Gasteiger partial charge in [-0.15, -0.1) is 0 Å². The van der Waals surface area contributed by atoms with Gasteiger partial charge in [0.15, 0.2) is 0 Å². The van der Waals surface area contributed by atoms with Crippen molar-refractivity contribution in [2.24, 2.45) is 5.41 Å². The molecule has 5 nitrogen and oxygen atoms in total. The predicted octanol–water partition coefficient (Wildman–Crippen LogP) is 4.40. The van der Waals surface area contributed by atoms with Crippen LogP contribution in [-0.2, 0) is 0 Å². The Labute approximate surface area is 161 Å². The van der Waals surface area contributed by atoms with Crippen LogP contribution in [0.3, 0.4) is 0 Å². The van der Waals surface area contributed by atoms with Crippen LogP contribution in [0.15, 0.2) is 29.2 Å². The zero-order valence-electron chi connectivity index (χ0n) is 14.0. The zero-order chi connectivity index (χ0) is 18.6. The van der Waals surface area contributed by atoms with Crippen LogP contribution in [0.5, 0.6) is 0 Å². The first-order valence-electron chi connectivity index (χ1n) is 7.83. The van der Waals surface area contributed by atoms with Gasteiger partial charge in [0.1, 0.15) is 5.02 Å². The van der Waals surface area contributed by atoms with E-state index in [0.717, 1.165) is 23.2 Å². The number of benzene rings is 1. The minimum Gasteiger partial charge on any atom is -0.396 e. The molecule has 2 aromatic rings. The maximum atomic E-state index is 12.1. The van der Waals surface area contributed by atoms with E-state index in [0.29, 0.717) is 17.3 Å². The molecule has 1 aromatic carbocycles. The summed E-state index contributed by atoms with van der Waals surface area (Å²) in [5.41, 5.74) is 0.776. The van der Waals surface area contributed by atoms with Gasteiger partial charge in [-0.25, -0.2) is 0 Å². The highest BCUT2D eigenvalue weighted by Gasteiger charge is 2.18. The molecule has 136 valence electrons. The number of aliphatic hydroxyl groups excluding tert-OH is 1. The van der Waals surface area contributed by atoms with Crippen molar-refractivity contribution in [3.63, 3.8) is 0 Å². The number of aliphatic hydroxyl groups is 1. The van der Waals surface area contributed by atoms with Crippen LogP contribution in [-0.4, -0.2) is 28.0 Å². The van der Waals surface area contributed by atoms with Gasteiger partial charge in [-0.2, -0.15) is 9.78 Å². The number of hydrogen-bond donors (Lipinski definition) is 2. The van der Waals surface area contributed by atoms with Gasteiger partial charge in [0.25, 0.3) is 5.56 Å². The van der Waals surface area contributed by atoms with Crippen LogP contribution in [0.1, 0.15) is 26.7 Å². The van der Waals surface area contributed by atoms with Crippen LogP contribution in [0.2, 0.25) is 15.1 Å².